The highest BCUT2D eigenvalue weighted by molar-refractivity contribution is 5.84. The molecule has 0 saturated heterocycles. The molecule has 0 unspecified atom stereocenters. The number of likely N-dealkylation sites (N-methyl/N-ethyl adjacent to an activating group) is 1. The predicted octanol–water partition coefficient (Wildman–Crippen LogP) is 1.11. The zero-order valence-electron chi connectivity index (χ0n) is 12.2. The van der Waals surface area contributed by atoms with Gasteiger partial charge in [-0.25, -0.2) is 4.99 Å². The lowest BCUT2D eigenvalue weighted by atomic mass is 10.0. The van der Waals surface area contributed by atoms with Crippen LogP contribution in [0.25, 0.3) is 0 Å². The molecular weight excluding hydrogens is 228 g/mol. The highest BCUT2D eigenvalue weighted by Gasteiger charge is 2.05. The highest BCUT2D eigenvalue weighted by Crippen LogP contribution is 2.04. The Hall–Kier alpha value is -1.26. The summed E-state index contributed by atoms with van der Waals surface area (Å²) in [4.78, 5) is 15.6. The lowest BCUT2D eigenvalue weighted by molar-refractivity contribution is -0.119. The van der Waals surface area contributed by atoms with Gasteiger partial charge in [0.05, 0.1) is 0 Å². The molecule has 0 radical (unpaired) electrons. The summed E-state index contributed by atoms with van der Waals surface area (Å²) in [6.07, 6.45) is 2.30. The maximum atomic E-state index is 11.3. The van der Waals surface area contributed by atoms with Gasteiger partial charge in [-0.05, 0) is 19.8 Å². The maximum Gasteiger partial charge on any atom is 0.241 e. The van der Waals surface area contributed by atoms with Gasteiger partial charge in [-0.15, -0.1) is 0 Å². The number of aliphatic imine (C=N–C) groups is 1. The van der Waals surface area contributed by atoms with Crippen molar-refractivity contribution in [2.75, 3.05) is 26.2 Å². The predicted molar refractivity (Wildman–Crippen MR) is 76.7 cm³/mol. The fraction of sp³-hybridized carbons (Fsp3) is 0.846. The molecule has 0 rings (SSSR count). The first kappa shape index (κ1) is 16.7. The molecule has 18 heavy (non-hydrogen) atoms. The lowest BCUT2D eigenvalue weighted by Gasteiger charge is -2.16. The number of nitrogens with zero attached hydrogens (tertiary/aromatic N) is 1. The fourth-order valence-corrected chi connectivity index (χ4v) is 1.56. The van der Waals surface area contributed by atoms with Crippen LogP contribution in [0.3, 0.4) is 0 Å². The largest absolute Gasteiger partial charge is 0.357 e. The standard InChI is InChI=1S/C13H28N4O/c1-5-11(6-2)9-16-13(15-8-4)17-10-12(18)14-7-3/h11H,5-10H2,1-4H3,(H,14,18)(H2,15,16,17). The van der Waals surface area contributed by atoms with Gasteiger partial charge >= 0.3 is 0 Å². The zero-order chi connectivity index (χ0) is 13.8. The Balaban J connectivity index is 4.19. The summed E-state index contributed by atoms with van der Waals surface area (Å²) in [5.41, 5.74) is 0. The van der Waals surface area contributed by atoms with Crippen LogP contribution in [0.1, 0.15) is 40.5 Å². The smallest absolute Gasteiger partial charge is 0.241 e. The van der Waals surface area contributed by atoms with E-state index in [2.05, 4.69) is 34.8 Å². The highest BCUT2D eigenvalue weighted by atomic mass is 16.1. The van der Waals surface area contributed by atoms with Gasteiger partial charge < -0.3 is 16.0 Å². The van der Waals surface area contributed by atoms with Crippen LogP contribution in [0, 0.1) is 5.92 Å². The monoisotopic (exact) mass is 256 g/mol. The van der Waals surface area contributed by atoms with Crippen LogP contribution in [-0.2, 0) is 4.79 Å². The van der Waals surface area contributed by atoms with Crippen molar-refractivity contribution in [2.45, 2.75) is 40.5 Å². The molecule has 0 aromatic heterocycles. The Labute approximate surface area is 111 Å². The third kappa shape index (κ3) is 7.92. The van der Waals surface area contributed by atoms with Gasteiger partial charge in [0.15, 0.2) is 5.96 Å². The zero-order valence-corrected chi connectivity index (χ0v) is 12.2. The van der Waals surface area contributed by atoms with Crippen molar-refractivity contribution >= 4 is 11.9 Å². The SMILES string of the molecule is CCNC(=O)CN=C(NCC)NCC(CC)CC. The molecule has 1 amide bonds. The van der Waals surface area contributed by atoms with E-state index in [0.29, 0.717) is 12.5 Å². The molecule has 0 aromatic rings. The fourth-order valence-electron chi connectivity index (χ4n) is 1.56. The molecule has 106 valence electrons. The summed E-state index contributed by atoms with van der Waals surface area (Å²) < 4.78 is 0. The minimum Gasteiger partial charge on any atom is -0.357 e. The number of hydrogen-bond donors (Lipinski definition) is 3. The topological polar surface area (TPSA) is 65.5 Å². The van der Waals surface area contributed by atoms with Crippen molar-refractivity contribution < 1.29 is 4.79 Å². The number of nitrogens with one attached hydrogen (secondary N) is 3. The van der Waals surface area contributed by atoms with Crippen LogP contribution >= 0.6 is 0 Å². The average Bonchev–Trinajstić information content (AvgIpc) is 2.37. The summed E-state index contributed by atoms with van der Waals surface area (Å²) in [6, 6.07) is 0. The average molecular weight is 256 g/mol. The van der Waals surface area contributed by atoms with Gasteiger partial charge in [0.2, 0.25) is 5.91 Å². The van der Waals surface area contributed by atoms with E-state index in [9.17, 15) is 4.79 Å². The molecule has 0 aliphatic rings. The first-order valence-electron chi connectivity index (χ1n) is 6.96. The third-order valence-electron chi connectivity index (χ3n) is 2.81. The first-order chi connectivity index (χ1) is 8.67. The van der Waals surface area contributed by atoms with E-state index >= 15 is 0 Å². The summed E-state index contributed by atoms with van der Waals surface area (Å²) in [6.45, 7) is 10.8. The summed E-state index contributed by atoms with van der Waals surface area (Å²) in [5, 5.41) is 9.15. The molecule has 0 heterocycles. The van der Waals surface area contributed by atoms with Crippen LogP contribution < -0.4 is 16.0 Å². The number of amides is 1. The van der Waals surface area contributed by atoms with Gasteiger partial charge in [-0.2, -0.15) is 0 Å². The van der Waals surface area contributed by atoms with Crippen molar-refractivity contribution in [1.82, 2.24) is 16.0 Å². The molecule has 0 saturated carbocycles. The van der Waals surface area contributed by atoms with Crippen LogP contribution in [0.15, 0.2) is 4.99 Å². The number of carbonyl (C=O) groups excluding carboxylic acids is 1. The van der Waals surface area contributed by atoms with E-state index in [1.165, 1.54) is 0 Å². The van der Waals surface area contributed by atoms with Crippen LogP contribution in [0.5, 0.6) is 0 Å². The second-order valence-electron chi connectivity index (χ2n) is 4.21. The Morgan fingerprint density at radius 2 is 1.61 bits per heavy atom. The van der Waals surface area contributed by atoms with Gasteiger partial charge in [0.1, 0.15) is 6.54 Å². The molecule has 0 atom stereocenters. The molecule has 0 bridgehead atoms. The van der Waals surface area contributed by atoms with Crippen molar-refractivity contribution in [1.29, 1.82) is 0 Å². The lowest BCUT2D eigenvalue weighted by Crippen LogP contribution is -2.40. The van der Waals surface area contributed by atoms with Crippen molar-refractivity contribution in [3.8, 4) is 0 Å². The summed E-state index contributed by atoms with van der Waals surface area (Å²) >= 11 is 0. The summed E-state index contributed by atoms with van der Waals surface area (Å²) in [7, 11) is 0. The van der Waals surface area contributed by atoms with E-state index in [0.717, 1.165) is 31.9 Å². The Kier molecular flexibility index (Phi) is 10.1. The number of guanidine groups is 1. The second-order valence-corrected chi connectivity index (χ2v) is 4.21. The van der Waals surface area contributed by atoms with Gasteiger partial charge in [0, 0.05) is 19.6 Å². The van der Waals surface area contributed by atoms with Crippen LogP contribution in [0.4, 0.5) is 0 Å². The molecule has 0 spiro atoms. The maximum absolute atomic E-state index is 11.3. The Morgan fingerprint density at radius 3 is 2.11 bits per heavy atom. The Morgan fingerprint density at radius 1 is 1.00 bits per heavy atom. The van der Waals surface area contributed by atoms with E-state index in [1.807, 2.05) is 13.8 Å². The van der Waals surface area contributed by atoms with Gasteiger partial charge in [-0.3, -0.25) is 4.79 Å². The Bertz CT molecular complexity index is 249. The third-order valence-corrected chi connectivity index (χ3v) is 2.81. The van der Waals surface area contributed by atoms with Crippen LogP contribution in [0.2, 0.25) is 0 Å². The molecule has 5 nitrogen and oxygen atoms in total. The van der Waals surface area contributed by atoms with Gasteiger partial charge in [0.25, 0.3) is 0 Å². The second kappa shape index (κ2) is 10.9. The molecule has 0 aromatic carbocycles. The first-order valence-corrected chi connectivity index (χ1v) is 6.96. The molecule has 0 aliphatic heterocycles. The summed E-state index contributed by atoms with van der Waals surface area (Å²) in [5.74, 6) is 1.33. The molecule has 3 N–H and O–H groups in total. The minimum absolute atomic E-state index is 0.0442. The van der Waals surface area contributed by atoms with E-state index in [-0.39, 0.29) is 12.5 Å². The van der Waals surface area contributed by atoms with Crippen molar-refractivity contribution in [3.05, 3.63) is 0 Å². The van der Waals surface area contributed by atoms with Crippen molar-refractivity contribution in [3.63, 3.8) is 0 Å². The molecule has 0 fully saturated rings. The van der Waals surface area contributed by atoms with Crippen molar-refractivity contribution in [2.24, 2.45) is 10.9 Å². The molecular formula is C13H28N4O. The molecule has 5 heteroatoms. The number of rotatable bonds is 8. The number of carbonyl (C=O) groups is 1. The normalized spacial score (nSPS) is 11.5. The van der Waals surface area contributed by atoms with E-state index < -0.39 is 0 Å². The van der Waals surface area contributed by atoms with Crippen LogP contribution in [-0.4, -0.2) is 38.0 Å². The quantitative estimate of drug-likeness (QED) is 0.450. The number of hydrogen-bond acceptors (Lipinski definition) is 2. The van der Waals surface area contributed by atoms with E-state index in [4.69, 9.17) is 0 Å². The minimum atomic E-state index is -0.0442. The molecule has 0 aliphatic carbocycles. The van der Waals surface area contributed by atoms with E-state index in [1.54, 1.807) is 0 Å². The van der Waals surface area contributed by atoms with Gasteiger partial charge in [-0.1, -0.05) is 26.7 Å².